The van der Waals surface area contributed by atoms with Crippen LogP contribution in [0.5, 0.6) is 0 Å². The summed E-state index contributed by atoms with van der Waals surface area (Å²) in [6.45, 7) is 3.01. The lowest BCUT2D eigenvalue weighted by Crippen LogP contribution is -2.46. The maximum absolute atomic E-state index is 13.3. The summed E-state index contributed by atoms with van der Waals surface area (Å²) in [5.41, 5.74) is 0.178. The van der Waals surface area contributed by atoms with Crippen LogP contribution >= 0.6 is 11.6 Å². The molecule has 1 saturated heterocycles. The summed E-state index contributed by atoms with van der Waals surface area (Å²) in [7, 11) is -3.69. The zero-order chi connectivity index (χ0) is 17.2. The van der Waals surface area contributed by atoms with Gasteiger partial charge in [0.25, 0.3) is 0 Å². The summed E-state index contributed by atoms with van der Waals surface area (Å²) in [5, 5.41) is -0.185. The smallest absolute Gasteiger partial charge is 0.243 e. The number of hydrogen-bond donors (Lipinski definition) is 0. The van der Waals surface area contributed by atoms with E-state index in [-0.39, 0.29) is 23.2 Å². The zero-order valence-corrected chi connectivity index (χ0v) is 14.7. The van der Waals surface area contributed by atoms with Crippen LogP contribution in [-0.4, -0.2) is 45.1 Å². The summed E-state index contributed by atoms with van der Waals surface area (Å²) in [4.78, 5) is 14.1. The molecule has 2 rings (SSSR count). The van der Waals surface area contributed by atoms with E-state index in [1.807, 2.05) is 0 Å². The number of rotatable bonds is 4. The van der Waals surface area contributed by atoms with Crippen molar-refractivity contribution in [2.75, 3.05) is 30.2 Å². The normalized spacial score (nSPS) is 18.8. The predicted octanol–water partition coefficient (Wildman–Crippen LogP) is 2.50. The molecule has 1 aromatic carbocycles. The van der Waals surface area contributed by atoms with E-state index in [0.717, 1.165) is 29.5 Å². The molecule has 1 fully saturated rings. The Morgan fingerprint density at radius 1 is 1.48 bits per heavy atom. The van der Waals surface area contributed by atoms with Gasteiger partial charge in [0.15, 0.2) is 0 Å². The van der Waals surface area contributed by atoms with E-state index in [9.17, 15) is 17.6 Å². The van der Waals surface area contributed by atoms with Crippen molar-refractivity contribution in [3.63, 3.8) is 0 Å². The number of amides is 1. The second-order valence-electron chi connectivity index (χ2n) is 5.96. The van der Waals surface area contributed by atoms with Gasteiger partial charge in [-0.3, -0.25) is 9.10 Å². The van der Waals surface area contributed by atoms with E-state index in [1.54, 1.807) is 4.90 Å². The van der Waals surface area contributed by atoms with Crippen LogP contribution in [0.4, 0.5) is 10.1 Å². The Hall–Kier alpha value is -1.34. The molecule has 1 atom stereocenters. The topological polar surface area (TPSA) is 57.7 Å². The Morgan fingerprint density at radius 2 is 2.17 bits per heavy atom. The van der Waals surface area contributed by atoms with E-state index in [4.69, 9.17) is 11.6 Å². The molecule has 0 aromatic heterocycles. The molecule has 1 amide bonds. The first-order valence-corrected chi connectivity index (χ1v) is 9.61. The first-order valence-electron chi connectivity index (χ1n) is 7.39. The average Bonchev–Trinajstić information content (AvgIpc) is 2.46. The first kappa shape index (κ1) is 18.0. The van der Waals surface area contributed by atoms with Gasteiger partial charge in [0, 0.05) is 13.1 Å². The van der Waals surface area contributed by atoms with E-state index in [1.165, 1.54) is 12.1 Å². The van der Waals surface area contributed by atoms with Crippen molar-refractivity contribution in [2.24, 2.45) is 5.92 Å². The highest BCUT2D eigenvalue weighted by atomic mass is 35.5. The van der Waals surface area contributed by atoms with Gasteiger partial charge in [0.05, 0.1) is 17.0 Å². The van der Waals surface area contributed by atoms with Crippen molar-refractivity contribution in [1.82, 2.24) is 4.90 Å². The van der Waals surface area contributed by atoms with Gasteiger partial charge < -0.3 is 4.90 Å². The monoisotopic (exact) mass is 362 g/mol. The van der Waals surface area contributed by atoms with E-state index in [0.29, 0.717) is 19.0 Å². The number of carbonyl (C=O) groups excluding carboxylic acids is 1. The average molecular weight is 363 g/mol. The van der Waals surface area contributed by atoms with Crippen molar-refractivity contribution in [3.05, 3.63) is 29.0 Å². The van der Waals surface area contributed by atoms with Gasteiger partial charge in [-0.1, -0.05) is 18.5 Å². The summed E-state index contributed by atoms with van der Waals surface area (Å²) in [5.74, 6) is -0.498. The zero-order valence-electron chi connectivity index (χ0n) is 13.1. The third kappa shape index (κ3) is 4.57. The van der Waals surface area contributed by atoms with E-state index in [2.05, 4.69) is 6.92 Å². The van der Waals surface area contributed by atoms with Crippen LogP contribution in [0, 0.1) is 11.7 Å². The maximum Gasteiger partial charge on any atom is 0.243 e. The van der Waals surface area contributed by atoms with Gasteiger partial charge in [-0.25, -0.2) is 12.8 Å². The highest BCUT2D eigenvalue weighted by Gasteiger charge is 2.27. The number of sulfonamides is 1. The number of carbonyl (C=O) groups is 1. The number of piperidine rings is 1. The molecule has 1 aliphatic rings. The Balaban J connectivity index is 2.22. The van der Waals surface area contributed by atoms with Crippen LogP contribution in [0.3, 0.4) is 0 Å². The van der Waals surface area contributed by atoms with Crippen molar-refractivity contribution >= 4 is 33.2 Å². The number of halogens is 2. The van der Waals surface area contributed by atoms with Crippen LogP contribution in [0.15, 0.2) is 18.2 Å². The first-order chi connectivity index (χ1) is 10.7. The standard InChI is InChI=1S/C15H20ClFN2O3S/c1-11-4-3-7-18(9-11)15(20)10-19(23(2,21)22)12-5-6-14(17)13(16)8-12/h5-6,8,11H,3-4,7,9-10H2,1-2H3. The summed E-state index contributed by atoms with van der Waals surface area (Å²) >= 11 is 5.72. The summed E-state index contributed by atoms with van der Waals surface area (Å²) in [6, 6.07) is 3.60. The highest BCUT2D eigenvalue weighted by Crippen LogP contribution is 2.25. The van der Waals surface area contributed by atoms with Crippen LogP contribution in [0.2, 0.25) is 5.02 Å². The molecule has 1 unspecified atom stereocenters. The number of nitrogens with zero attached hydrogens (tertiary/aromatic N) is 2. The molecule has 128 valence electrons. The lowest BCUT2D eigenvalue weighted by Gasteiger charge is -2.33. The van der Waals surface area contributed by atoms with Crippen molar-refractivity contribution in [3.8, 4) is 0 Å². The van der Waals surface area contributed by atoms with Crippen LogP contribution in [0.1, 0.15) is 19.8 Å². The molecule has 0 bridgehead atoms. The fraction of sp³-hybridized carbons (Fsp3) is 0.533. The van der Waals surface area contributed by atoms with E-state index < -0.39 is 15.8 Å². The largest absolute Gasteiger partial charge is 0.341 e. The SMILES string of the molecule is CC1CCCN(C(=O)CN(c2ccc(F)c(Cl)c2)S(C)(=O)=O)C1. The molecule has 1 aromatic rings. The minimum Gasteiger partial charge on any atom is -0.341 e. The quantitative estimate of drug-likeness (QED) is 0.826. The number of likely N-dealkylation sites (tertiary alicyclic amines) is 1. The predicted molar refractivity (Wildman–Crippen MR) is 88.6 cm³/mol. The van der Waals surface area contributed by atoms with Gasteiger partial charge in [0.2, 0.25) is 15.9 Å². The Bertz CT molecular complexity index is 696. The molecule has 0 N–H and O–H groups in total. The van der Waals surface area contributed by atoms with Gasteiger partial charge >= 0.3 is 0 Å². The Labute approximate surface area is 141 Å². The van der Waals surface area contributed by atoms with E-state index >= 15 is 0 Å². The Morgan fingerprint density at radius 3 is 2.74 bits per heavy atom. The Kier molecular flexibility index (Phi) is 5.52. The lowest BCUT2D eigenvalue weighted by molar-refractivity contribution is -0.131. The van der Waals surface area contributed by atoms with Gasteiger partial charge in [-0.05, 0) is 37.0 Å². The van der Waals surface area contributed by atoms with Crippen molar-refractivity contribution in [2.45, 2.75) is 19.8 Å². The molecule has 0 spiro atoms. The minimum absolute atomic E-state index is 0.178. The molecule has 1 heterocycles. The minimum atomic E-state index is -3.69. The number of hydrogen-bond acceptors (Lipinski definition) is 3. The molecule has 0 saturated carbocycles. The summed E-state index contributed by atoms with van der Waals surface area (Å²) in [6.07, 6.45) is 2.98. The fourth-order valence-electron chi connectivity index (χ4n) is 2.68. The van der Waals surface area contributed by atoms with Crippen molar-refractivity contribution < 1.29 is 17.6 Å². The van der Waals surface area contributed by atoms with Gasteiger partial charge in [0.1, 0.15) is 12.4 Å². The lowest BCUT2D eigenvalue weighted by atomic mass is 10.0. The number of anilines is 1. The molecule has 0 aliphatic carbocycles. The van der Waals surface area contributed by atoms with Gasteiger partial charge in [-0.15, -0.1) is 0 Å². The van der Waals surface area contributed by atoms with Crippen LogP contribution < -0.4 is 4.31 Å². The number of benzene rings is 1. The van der Waals surface area contributed by atoms with Crippen molar-refractivity contribution in [1.29, 1.82) is 0 Å². The second-order valence-corrected chi connectivity index (χ2v) is 8.27. The van der Waals surface area contributed by atoms with Gasteiger partial charge in [-0.2, -0.15) is 0 Å². The highest BCUT2D eigenvalue weighted by molar-refractivity contribution is 7.92. The third-order valence-corrected chi connectivity index (χ3v) is 5.31. The summed E-state index contributed by atoms with van der Waals surface area (Å²) < 4.78 is 38.3. The molecule has 23 heavy (non-hydrogen) atoms. The second kappa shape index (κ2) is 7.05. The molecule has 1 aliphatic heterocycles. The molecular weight excluding hydrogens is 343 g/mol. The van der Waals surface area contributed by atoms with Crippen LogP contribution in [0.25, 0.3) is 0 Å². The maximum atomic E-state index is 13.3. The molecular formula is C15H20ClFN2O3S. The molecule has 8 heteroatoms. The van der Waals surface area contributed by atoms with Crippen LogP contribution in [-0.2, 0) is 14.8 Å². The molecule has 0 radical (unpaired) electrons. The third-order valence-electron chi connectivity index (χ3n) is 3.88. The molecule has 5 nitrogen and oxygen atoms in total. The fourth-order valence-corrected chi connectivity index (χ4v) is 3.70.